The van der Waals surface area contributed by atoms with Crippen LogP contribution in [0.4, 0.5) is 0 Å². The molecule has 0 saturated carbocycles. The summed E-state index contributed by atoms with van der Waals surface area (Å²) in [6.07, 6.45) is 0.440. The lowest BCUT2D eigenvalue weighted by atomic mass is 10.0. The van der Waals surface area contributed by atoms with Gasteiger partial charge in [0.15, 0.2) is 0 Å². The van der Waals surface area contributed by atoms with Gasteiger partial charge in [-0.2, -0.15) is 0 Å². The predicted molar refractivity (Wildman–Crippen MR) is 69.0 cm³/mol. The van der Waals surface area contributed by atoms with Crippen molar-refractivity contribution in [3.8, 4) is 0 Å². The second-order valence-electron chi connectivity index (χ2n) is 4.07. The summed E-state index contributed by atoms with van der Waals surface area (Å²) in [5.74, 6) is 0.325. The van der Waals surface area contributed by atoms with Crippen molar-refractivity contribution in [2.75, 3.05) is 19.7 Å². The van der Waals surface area contributed by atoms with E-state index in [1.807, 2.05) is 25.1 Å². The van der Waals surface area contributed by atoms with E-state index in [2.05, 4.69) is 24.4 Å². The van der Waals surface area contributed by atoms with Gasteiger partial charge in [-0.3, -0.25) is 4.79 Å². The first-order valence-electron chi connectivity index (χ1n) is 6.15. The average molecular weight is 235 g/mol. The molecule has 0 fully saturated rings. The number of carbonyl (C=O) groups excluding carboxylic acids is 1. The topological polar surface area (TPSA) is 38.3 Å². The SMILES string of the molecule is CCOC(=O)CCNCC(C)c1ccccc1. The van der Waals surface area contributed by atoms with E-state index in [0.717, 1.165) is 6.54 Å². The summed E-state index contributed by atoms with van der Waals surface area (Å²) < 4.78 is 4.85. The third-order valence-corrected chi connectivity index (χ3v) is 2.63. The first-order chi connectivity index (χ1) is 8.24. The largest absolute Gasteiger partial charge is 0.466 e. The number of carbonyl (C=O) groups is 1. The van der Waals surface area contributed by atoms with Crippen LogP contribution in [0.25, 0.3) is 0 Å². The van der Waals surface area contributed by atoms with Gasteiger partial charge in [-0.1, -0.05) is 37.3 Å². The van der Waals surface area contributed by atoms with Crippen LogP contribution in [0.5, 0.6) is 0 Å². The maximum atomic E-state index is 11.1. The van der Waals surface area contributed by atoms with E-state index in [9.17, 15) is 4.79 Å². The van der Waals surface area contributed by atoms with Gasteiger partial charge >= 0.3 is 5.97 Å². The van der Waals surface area contributed by atoms with Crippen molar-refractivity contribution < 1.29 is 9.53 Å². The minimum absolute atomic E-state index is 0.132. The normalized spacial score (nSPS) is 12.1. The number of benzene rings is 1. The van der Waals surface area contributed by atoms with E-state index in [1.54, 1.807) is 0 Å². The van der Waals surface area contributed by atoms with Crippen molar-refractivity contribution in [1.82, 2.24) is 5.32 Å². The summed E-state index contributed by atoms with van der Waals surface area (Å²) >= 11 is 0. The molecule has 17 heavy (non-hydrogen) atoms. The minimum Gasteiger partial charge on any atom is -0.466 e. The standard InChI is InChI=1S/C14H21NO2/c1-3-17-14(16)9-10-15-11-12(2)13-7-5-4-6-8-13/h4-8,12,15H,3,9-11H2,1-2H3. The van der Waals surface area contributed by atoms with Crippen LogP contribution in [-0.2, 0) is 9.53 Å². The Morgan fingerprint density at radius 2 is 2.06 bits per heavy atom. The minimum atomic E-state index is -0.132. The fraction of sp³-hybridized carbons (Fsp3) is 0.500. The zero-order valence-electron chi connectivity index (χ0n) is 10.6. The molecule has 0 amide bonds. The van der Waals surface area contributed by atoms with Crippen LogP contribution < -0.4 is 5.32 Å². The molecule has 0 bridgehead atoms. The molecule has 0 heterocycles. The third kappa shape index (κ3) is 5.50. The molecule has 94 valence electrons. The van der Waals surface area contributed by atoms with E-state index in [0.29, 0.717) is 25.5 Å². The average Bonchev–Trinajstić information content (AvgIpc) is 2.36. The van der Waals surface area contributed by atoms with Crippen LogP contribution in [-0.4, -0.2) is 25.7 Å². The van der Waals surface area contributed by atoms with E-state index >= 15 is 0 Å². The van der Waals surface area contributed by atoms with Gasteiger partial charge in [0.1, 0.15) is 0 Å². The van der Waals surface area contributed by atoms with Gasteiger partial charge < -0.3 is 10.1 Å². The highest BCUT2D eigenvalue weighted by atomic mass is 16.5. The van der Waals surface area contributed by atoms with Crippen LogP contribution in [0.2, 0.25) is 0 Å². The fourth-order valence-electron chi connectivity index (χ4n) is 1.64. The van der Waals surface area contributed by atoms with Gasteiger partial charge in [-0.25, -0.2) is 0 Å². The zero-order chi connectivity index (χ0) is 12.5. The number of ether oxygens (including phenoxy) is 1. The van der Waals surface area contributed by atoms with Gasteiger partial charge in [-0.05, 0) is 18.4 Å². The molecular formula is C14H21NO2. The molecule has 3 nitrogen and oxygen atoms in total. The van der Waals surface area contributed by atoms with Gasteiger partial charge in [0.2, 0.25) is 0 Å². The van der Waals surface area contributed by atoms with Crippen molar-refractivity contribution in [2.24, 2.45) is 0 Å². The van der Waals surface area contributed by atoms with Gasteiger partial charge in [0, 0.05) is 13.1 Å². The first kappa shape index (κ1) is 13.7. The van der Waals surface area contributed by atoms with E-state index in [-0.39, 0.29) is 5.97 Å². The molecule has 1 aromatic rings. The Morgan fingerprint density at radius 3 is 2.71 bits per heavy atom. The Hall–Kier alpha value is -1.35. The predicted octanol–water partition coefficient (Wildman–Crippen LogP) is 2.33. The maximum Gasteiger partial charge on any atom is 0.307 e. The summed E-state index contributed by atoms with van der Waals surface area (Å²) in [4.78, 5) is 11.1. The molecule has 1 rings (SSSR count). The lowest BCUT2D eigenvalue weighted by Gasteiger charge is -2.12. The summed E-state index contributed by atoms with van der Waals surface area (Å²) in [5, 5.41) is 3.27. The lowest BCUT2D eigenvalue weighted by molar-refractivity contribution is -0.142. The highest BCUT2D eigenvalue weighted by Crippen LogP contribution is 2.12. The zero-order valence-corrected chi connectivity index (χ0v) is 10.6. The number of rotatable bonds is 7. The summed E-state index contributed by atoms with van der Waals surface area (Å²) in [7, 11) is 0. The number of hydrogen-bond acceptors (Lipinski definition) is 3. The van der Waals surface area contributed by atoms with Crippen molar-refractivity contribution in [3.05, 3.63) is 35.9 Å². The van der Waals surface area contributed by atoms with Gasteiger partial charge in [0.25, 0.3) is 0 Å². The molecule has 0 radical (unpaired) electrons. The molecule has 3 heteroatoms. The van der Waals surface area contributed by atoms with E-state index in [1.165, 1.54) is 5.56 Å². The fourth-order valence-corrected chi connectivity index (χ4v) is 1.64. The van der Waals surface area contributed by atoms with Crippen LogP contribution in [0, 0.1) is 0 Å². The maximum absolute atomic E-state index is 11.1. The molecule has 1 aromatic carbocycles. The number of nitrogens with one attached hydrogen (secondary N) is 1. The first-order valence-corrected chi connectivity index (χ1v) is 6.15. The lowest BCUT2D eigenvalue weighted by Crippen LogP contribution is -2.23. The summed E-state index contributed by atoms with van der Waals surface area (Å²) in [5.41, 5.74) is 1.32. The van der Waals surface area contributed by atoms with Crippen molar-refractivity contribution in [3.63, 3.8) is 0 Å². The van der Waals surface area contributed by atoms with E-state index in [4.69, 9.17) is 4.74 Å². The Labute approximate surface area is 103 Å². The number of esters is 1. The summed E-state index contributed by atoms with van der Waals surface area (Å²) in [6, 6.07) is 10.4. The Bertz CT molecular complexity index is 324. The molecule has 1 unspecified atom stereocenters. The smallest absolute Gasteiger partial charge is 0.307 e. The Kier molecular flexibility index (Phi) is 6.33. The van der Waals surface area contributed by atoms with Crippen LogP contribution in [0.3, 0.4) is 0 Å². The molecule has 0 aliphatic carbocycles. The second-order valence-corrected chi connectivity index (χ2v) is 4.07. The number of hydrogen-bond donors (Lipinski definition) is 1. The van der Waals surface area contributed by atoms with Gasteiger partial charge in [-0.15, -0.1) is 0 Å². The van der Waals surface area contributed by atoms with Crippen LogP contribution in [0.15, 0.2) is 30.3 Å². The Balaban J connectivity index is 2.17. The highest BCUT2D eigenvalue weighted by Gasteiger charge is 2.05. The van der Waals surface area contributed by atoms with Gasteiger partial charge in [0.05, 0.1) is 13.0 Å². The molecule has 1 N–H and O–H groups in total. The second kappa shape index (κ2) is 7.85. The monoisotopic (exact) mass is 235 g/mol. The summed E-state index contributed by atoms with van der Waals surface area (Å²) in [6.45, 7) is 6.01. The molecular weight excluding hydrogens is 214 g/mol. The molecule has 1 atom stereocenters. The van der Waals surface area contributed by atoms with Crippen molar-refractivity contribution in [1.29, 1.82) is 0 Å². The molecule has 0 aliphatic rings. The third-order valence-electron chi connectivity index (χ3n) is 2.63. The molecule has 0 spiro atoms. The van der Waals surface area contributed by atoms with Crippen molar-refractivity contribution in [2.45, 2.75) is 26.2 Å². The highest BCUT2D eigenvalue weighted by molar-refractivity contribution is 5.69. The van der Waals surface area contributed by atoms with E-state index < -0.39 is 0 Å². The quantitative estimate of drug-likeness (QED) is 0.582. The Morgan fingerprint density at radius 1 is 1.35 bits per heavy atom. The molecule has 0 saturated heterocycles. The molecule has 0 aliphatic heterocycles. The van der Waals surface area contributed by atoms with Crippen LogP contribution in [0.1, 0.15) is 31.7 Å². The van der Waals surface area contributed by atoms with Crippen LogP contribution >= 0.6 is 0 Å². The van der Waals surface area contributed by atoms with Crippen molar-refractivity contribution >= 4 is 5.97 Å². The molecule has 0 aromatic heterocycles.